The highest BCUT2D eigenvalue weighted by atomic mass is 19.1. The molecule has 2 aliphatic heterocycles. The molecule has 2 N–H and O–H groups in total. The second kappa shape index (κ2) is 8.53. The second-order valence-electron chi connectivity index (χ2n) is 9.20. The zero-order chi connectivity index (χ0) is 21.4. The summed E-state index contributed by atoms with van der Waals surface area (Å²) in [6, 6.07) is 3.73. The first-order valence-electron chi connectivity index (χ1n) is 11.2. The Labute approximate surface area is 178 Å². The molecule has 1 unspecified atom stereocenters. The summed E-state index contributed by atoms with van der Waals surface area (Å²) in [4.78, 5) is 29.0. The average molecular weight is 417 g/mol. The van der Waals surface area contributed by atoms with Crippen LogP contribution in [-0.4, -0.2) is 65.4 Å². The Balaban J connectivity index is 1.34. The molecule has 7 heteroatoms. The van der Waals surface area contributed by atoms with Crippen molar-refractivity contribution in [1.82, 2.24) is 15.1 Å². The highest BCUT2D eigenvalue weighted by molar-refractivity contribution is 5.88. The van der Waals surface area contributed by atoms with Crippen LogP contribution < -0.4 is 10.6 Å². The van der Waals surface area contributed by atoms with Gasteiger partial charge in [-0.15, -0.1) is 0 Å². The molecule has 1 aromatic rings. The molecule has 1 saturated heterocycles. The number of rotatable bonds is 3. The number of piperazine rings is 1. The minimum absolute atomic E-state index is 0.0369. The van der Waals surface area contributed by atoms with Crippen LogP contribution in [0.3, 0.4) is 0 Å². The van der Waals surface area contributed by atoms with Crippen LogP contribution in [0, 0.1) is 12.7 Å². The maximum Gasteiger partial charge on any atom is 0.243 e. The lowest BCUT2D eigenvalue weighted by Crippen LogP contribution is -2.58. The number of hydrogen-bond acceptors (Lipinski definition) is 4. The summed E-state index contributed by atoms with van der Waals surface area (Å²) in [5.41, 5.74) is 2.36. The number of nitrogens with one attached hydrogen (secondary N) is 2. The fraction of sp³-hybridized carbons (Fsp3) is 0.652. The first-order valence-corrected chi connectivity index (χ1v) is 11.2. The van der Waals surface area contributed by atoms with Crippen molar-refractivity contribution in [2.75, 3.05) is 25.0 Å². The molecule has 1 aliphatic carbocycles. The molecular weight excluding hydrogens is 383 g/mol. The Morgan fingerprint density at radius 2 is 2.03 bits per heavy atom. The molecule has 2 amide bonds. The predicted molar refractivity (Wildman–Crippen MR) is 115 cm³/mol. The Bertz CT molecular complexity index is 799. The summed E-state index contributed by atoms with van der Waals surface area (Å²) >= 11 is 0. The van der Waals surface area contributed by atoms with E-state index in [2.05, 4.69) is 22.5 Å². The number of fused-ring (bicyclic) bond motifs is 1. The van der Waals surface area contributed by atoms with E-state index in [4.69, 9.17) is 0 Å². The lowest BCUT2D eigenvalue weighted by Gasteiger charge is -2.46. The molecule has 4 atom stereocenters. The Hall–Kier alpha value is -2.15. The second-order valence-corrected chi connectivity index (χ2v) is 9.20. The highest BCUT2D eigenvalue weighted by Crippen LogP contribution is 2.32. The van der Waals surface area contributed by atoms with Crippen LogP contribution in [0.1, 0.15) is 50.7 Å². The van der Waals surface area contributed by atoms with E-state index >= 15 is 0 Å². The predicted octanol–water partition coefficient (Wildman–Crippen LogP) is 2.45. The topological polar surface area (TPSA) is 64.7 Å². The molecule has 0 bridgehead atoms. The maximum atomic E-state index is 14.1. The fourth-order valence-electron chi connectivity index (χ4n) is 5.43. The summed E-state index contributed by atoms with van der Waals surface area (Å²) in [5.74, 6) is -0.132. The molecule has 0 spiro atoms. The molecular formula is C23H33FN4O2. The van der Waals surface area contributed by atoms with Crippen LogP contribution in [0.2, 0.25) is 0 Å². The third kappa shape index (κ3) is 4.17. The van der Waals surface area contributed by atoms with Crippen LogP contribution in [0.15, 0.2) is 12.1 Å². The number of carbonyl (C=O) groups is 2. The van der Waals surface area contributed by atoms with Gasteiger partial charge in [-0.25, -0.2) is 4.39 Å². The van der Waals surface area contributed by atoms with Crippen LogP contribution in [0.25, 0.3) is 0 Å². The minimum atomic E-state index is -0.408. The smallest absolute Gasteiger partial charge is 0.243 e. The lowest BCUT2D eigenvalue weighted by molar-refractivity contribution is -0.132. The summed E-state index contributed by atoms with van der Waals surface area (Å²) in [6.07, 6.45) is 4.53. The molecule has 3 aliphatic rings. The Morgan fingerprint density at radius 3 is 2.73 bits per heavy atom. The molecule has 4 rings (SSSR count). The number of halogens is 1. The summed E-state index contributed by atoms with van der Waals surface area (Å²) in [7, 11) is 0. The van der Waals surface area contributed by atoms with Gasteiger partial charge in [0, 0.05) is 62.4 Å². The zero-order valence-electron chi connectivity index (χ0n) is 18.2. The van der Waals surface area contributed by atoms with E-state index < -0.39 is 6.04 Å². The standard InChI is InChI=1S/C23H33FN4O2/c1-14-7-8-20(24)19-12-21(26-22(14)19)23(30)25-17-5-4-6-18(11-17)28-10-9-27(16(3)29)13-15(28)2/h7-8,15,17-18,21,26H,4-6,9-13H2,1-3H3,(H,25,30)/t15-,17+,18-,21?/m0/s1. The normalized spacial score (nSPS) is 29.3. The maximum absolute atomic E-state index is 14.1. The van der Waals surface area contributed by atoms with Crippen molar-refractivity contribution in [3.63, 3.8) is 0 Å². The Kier molecular flexibility index (Phi) is 6.00. The van der Waals surface area contributed by atoms with Crippen molar-refractivity contribution in [3.05, 3.63) is 29.1 Å². The van der Waals surface area contributed by atoms with Gasteiger partial charge < -0.3 is 15.5 Å². The third-order valence-electron chi connectivity index (χ3n) is 7.09. The first-order chi connectivity index (χ1) is 14.3. The van der Waals surface area contributed by atoms with E-state index in [0.717, 1.165) is 56.6 Å². The van der Waals surface area contributed by atoms with Crippen molar-refractivity contribution in [1.29, 1.82) is 0 Å². The van der Waals surface area contributed by atoms with Gasteiger partial charge in [0.1, 0.15) is 11.9 Å². The number of amides is 2. The van der Waals surface area contributed by atoms with Gasteiger partial charge in [0.2, 0.25) is 11.8 Å². The quantitative estimate of drug-likeness (QED) is 0.795. The zero-order valence-corrected chi connectivity index (χ0v) is 18.2. The number of carbonyl (C=O) groups excluding carboxylic acids is 2. The molecule has 2 fully saturated rings. The van der Waals surface area contributed by atoms with Gasteiger partial charge in [-0.1, -0.05) is 6.07 Å². The number of benzene rings is 1. The summed E-state index contributed by atoms with van der Waals surface area (Å²) in [6.45, 7) is 8.21. The van der Waals surface area contributed by atoms with Crippen molar-refractivity contribution in [3.8, 4) is 0 Å². The monoisotopic (exact) mass is 416 g/mol. The van der Waals surface area contributed by atoms with Crippen LogP contribution in [0.5, 0.6) is 0 Å². The van der Waals surface area contributed by atoms with Gasteiger partial charge in [-0.3, -0.25) is 14.5 Å². The van der Waals surface area contributed by atoms with Crippen molar-refractivity contribution >= 4 is 17.5 Å². The van der Waals surface area contributed by atoms with Gasteiger partial charge in [0.05, 0.1) is 0 Å². The SMILES string of the molecule is CC(=O)N1CCN([C@H]2CCC[C@@H](NC(=O)C3Cc4c(F)ccc(C)c4N3)C2)[C@@H](C)C1. The van der Waals surface area contributed by atoms with E-state index in [-0.39, 0.29) is 23.7 Å². The number of aryl methyl sites for hydroxylation is 1. The molecule has 1 saturated carbocycles. The molecule has 164 valence electrons. The van der Waals surface area contributed by atoms with Crippen LogP contribution in [-0.2, 0) is 16.0 Å². The Morgan fingerprint density at radius 1 is 1.23 bits per heavy atom. The third-order valence-corrected chi connectivity index (χ3v) is 7.09. The van der Waals surface area contributed by atoms with E-state index in [0.29, 0.717) is 24.1 Å². The summed E-state index contributed by atoms with van der Waals surface area (Å²) in [5, 5.41) is 6.46. The minimum Gasteiger partial charge on any atom is -0.373 e. The summed E-state index contributed by atoms with van der Waals surface area (Å²) < 4.78 is 14.1. The van der Waals surface area contributed by atoms with Gasteiger partial charge in [0.15, 0.2) is 0 Å². The van der Waals surface area contributed by atoms with Crippen LogP contribution >= 0.6 is 0 Å². The van der Waals surface area contributed by atoms with Gasteiger partial charge in [-0.2, -0.15) is 0 Å². The first kappa shape index (κ1) is 21.1. The molecule has 0 aromatic heterocycles. The van der Waals surface area contributed by atoms with Crippen molar-refractivity contribution < 1.29 is 14.0 Å². The molecule has 6 nitrogen and oxygen atoms in total. The molecule has 0 radical (unpaired) electrons. The fourth-order valence-corrected chi connectivity index (χ4v) is 5.43. The van der Waals surface area contributed by atoms with E-state index in [9.17, 15) is 14.0 Å². The average Bonchev–Trinajstić information content (AvgIpc) is 3.18. The lowest BCUT2D eigenvalue weighted by atomic mass is 9.88. The van der Waals surface area contributed by atoms with Crippen LogP contribution in [0.4, 0.5) is 10.1 Å². The molecule has 30 heavy (non-hydrogen) atoms. The molecule has 2 heterocycles. The van der Waals surface area contributed by atoms with Crippen molar-refractivity contribution in [2.24, 2.45) is 0 Å². The van der Waals surface area contributed by atoms with E-state index in [1.54, 1.807) is 13.0 Å². The van der Waals surface area contributed by atoms with E-state index in [1.807, 2.05) is 11.8 Å². The van der Waals surface area contributed by atoms with Gasteiger partial charge in [0.25, 0.3) is 0 Å². The number of nitrogens with zero attached hydrogens (tertiary/aromatic N) is 2. The van der Waals surface area contributed by atoms with Gasteiger partial charge >= 0.3 is 0 Å². The number of anilines is 1. The molecule has 1 aromatic carbocycles. The van der Waals surface area contributed by atoms with E-state index in [1.165, 1.54) is 6.07 Å². The van der Waals surface area contributed by atoms with Gasteiger partial charge in [-0.05, 0) is 51.2 Å². The largest absolute Gasteiger partial charge is 0.373 e. The number of hydrogen-bond donors (Lipinski definition) is 2. The van der Waals surface area contributed by atoms with Crippen molar-refractivity contribution in [2.45, 2.75) is 77.0 Å². The highest BCUT2D eigenvalue weighted by Gasteiger charge is 2.35.